The van der Waals surface area contributed by atoms with Gasteiger partial charge >= 0.3 is 11.9 Å². The molecule has 126 valence electrons. The first kappa shape index (κ1) is 17.5. The largest absolute Gasteiger partial charge is 0.469 e. The molecule has 5 unspecified atom stereocenters. The van der Waals surface area contributed by atoms with Gasteiger partial charge < -0.3 is 9.47 Å². The van der Waals surface area contributed by atoms with Crippen LogP contribution in [0.25, 0.3) is 0 Å². The van der Waals surface area contributed by atoms with E-state index in [0.29, 0.717) is 12.1 Å². The maximum Gasteiger partial charge on any atom is 0.309 e. The van der Waals surface area contributed by atoms with Crippen LogP contribution in [0.4, 0.5) is 0 Å². The minimum absolute atomic E-state index is 0.0589. The summed E-state index contributed by atoms with van der Waals surface area (Å²) in [5.41, 5.74) is 0. The lowest BCUT2D eigenvalue weighted by Gasteiger charge is -2.29. The van der Waals surface area contributed by atoms with Gasteiger partial charge in [-0.3, -0.25) is 9.59 Å². The van der Waals surface area contributed by atoms with Gasteiger partial charge in [-0.15, -0.1) is 0 Å². The molecule has 0 N–H and O–H groups in total. The molecule has 22 heavy (non-hydrogen) atoms. The fraction of sp³-hybridized carbons (Fsp3) is 0.882. The monoisotopic (exact) mass is 326 g/mol. The average Bonchev–Trinajstić information content (AvgIpc) is 3.02. The molecule has 0 aromatic rings. The molecule has 0 radical (unpaired) electrons. The molecule has 0 amide bonds. The normalized spacial score (nSPS) is 31.9. The topological polar surface area (TPSA) is 52.6 Å². The van der Waals surface area contributed by atoms with Crippen molar-refractivity contribution in [2.24, 2.45) is 23.7 Å². The Hall–Kier alpha value is -0.843. The van der Waals surface area contributed by atoms with Crippen LogP contribution >= 0.6 is 0 Å². The van der Waals surface area contributed by atoms with Gasteiger partial charge in [0.1, 0.15) is 6.10 Å². The zero-order chi connectivity index (χ0) is 16.5. The van der Waals surface area contributed by atoms with Gasteiger partial charge in [0, 0.05) is 5.92 Å². The van der Waals surface area contributed by atoms with Gasteiger partial charge in [0.2, 0.25) is 0 Å². The van der Waals surface area contributed by atoms with E-state index in [-0.39, 0.29) is 35.8 Å². The Morgan fingerprint density at radius 3 is 2.41 bits per heavy atom. The van der Waals surface area contributed by atoms with Gasteiger partial charge in [0.05, 0.1) is 26.1 Å². The van der Waals surface area contributed by atoms with Crippen molar-refractivity contribution in [3.8, 4) is 0 Å². The van der Waals surface area contributed by atoms with Crippen molar-refractivity contribution < 1.29 is 19.1 Å². The number of fused-ring (bicyclic) bond motifs is 2. The minimum atomic E-state index is -1.38. The number of carbonyl (C=O) groups excluding carboxylic acids is 2. The lowest BCUT2D eigenvalue weighted by atomic mass is 9.86. The van der Waals surface area contributed by atoms with Crippen LogP contribution in [-0.2, 0) is 19.1 Å². The summed E-state index contributed by atoms with van der Waals surface area (Å²) in [6.45, 7) is 10.5. The van der Waals surface area contributed by atoms with E-state index in [1.165, 1.54) is 0 Å². The average molecular weight is 327 g/mol. The third kappa shape index (κ3) is 4.12. The van der Waals surface area contributed by atoms with Crippen LogP contribution < -0.4 is 0 Å². The third-order valence-electron chi connectivity index (χ3n) is 4.99. The molecule has 2 aliphatic carbocycles. The van der Waals surface area contributed by atoms with Gasteiger partial charge in [0.25, 0.3) is 0 Å². The molecule has 2 rings (SSSR count). The first-order valence-corrected chi connectivity index (χ1v) is 12.3. The number of hydrogen-bond donors (Lipinski definition) is 0. The van der Waals surface area contributed by atoms with Crippen LogP contribution in [0.15, 0.2) is 0 Å². The van der Waals surface area contributed by atoms with Crippen molar-refractivity contribution in [3.05, 3.63) is 0 Å². The molecule has 4 nitrogen and oxygen atoms in total. The van der Waals surface area contributed by atoms with Crippen LogP contribution in [0.1, 0.15) is 39.5 Å². The zero-order valence-electron chi connectivity index (χ0n) is 14.6. The quantitative estimate of drug-likeness (QED) is 0.554. The molecule has 5 heteroatoms. The van der Waals surface area contributed by atoms with E-state index >= 15 is 0 Å². The van der Waals surface area contributed by atoms with E-state index in [9.17, 15) is 9.59 Å². The molecular weight excluding hydrogens is 296 g/mol. The van der Waals surface area contributed by atoms with Crippen LogP contribution in [0.2, 0.25) is 19.6 Å². The Balaban J connectivity index is 1.91. The SMILES string of the molecule is CCC(C)C(=O)OC1CC2CC(C(=O)OC[Si](C)(C)C)C1C2. The van der Waals surface area contributed by atoms with Crippen LogP contribution in [-0.4, -0.2) is 32.3 Å². The first-order chi connectivity index (χ1) is 10.2. The number of esters is 2. The number of hydrogen-bond acceptors (Lipinski definition) is 4. The Morgan fingerprint density at radius 2 is 1.86 bits per heavy atom. The van der Waals surface area contributed by atoms with Crippen molar-refractivity contribution in [3.63, 3.8) is 0 Å². The highest BCUT2D eigenvalue weighted by Gasteiger charge is 2.51. The van der Waals surface area contributed by atoms with Gasteiger partial charge in [-0.1, -0.05) is 33.5 Å². The number of carbonyl (C=O) groups is 2. The molecule has 2 bridgehead atoms. The highest BCUT2D eigenvalue weighted by Crippen LogP contribution is 2.50. The summed E-state index contributed by atoms with van der Waals surface area (Å²) < 4.78 is 11.2. The van der Waals surface area contributed by atoms with E-state index < -0.39 is 8.07 Å². The fourth-order valence-corrected chi connectivity index (χ4v) is 4.09. The summed E-state index contributed by atoms with van der Waals surface area (Å²) in [4.78, 5) is 24.4. The summed E-state index contributed by atoms with van der Waals surface area (Å²) in [6.07, 6.45) is 4.13. The Labute approximate surface area is 134 Å². The molecule has 2 aliphatic rings. The summed E-state index contributed by atoms with van der Waals surface area (Å²) >= 11 is 0. The second-order valence-corrected chi connectivity index (χ2v) is 13.7. The first-order valence-electron chi connectivity index (χ1n) is 8.58. The molecule has 0 saturated heterocycles. The number of ether oxygens (including phenoxy) is 2. The number of rotatable bonds is 6. The van der Waals surface area contributed by atoms with E-state index in [1.54, 1.807) is 0 Å². The lowest BCUT2D eigenvalue weighted by Crippen LogP contribution is -2.37. The van der Waals surface area contributed by atoms with Gasteiger partial charge in [-0.2, -0.15) is 0 Å². The minimum Gasteiger partial charge on any atom is -0.469 e. The molecule has 0 spiro atoms. The van der Waals surface area contributed by atoms with Gasteiger partial charge in [-0.05, 0) is 31.6 Å². The van der Waals surface area contributed by atoms with E-state index in [4.69, 9.17) is 9.47 Å². The molecule has 2 fully saturated rings. The highest BCUT2D eigenvalue weighted by atomic mass is 28.3. The van der Waals surface area contributed by atoms with Crippen LogP contribution in [0, 0.1) is 23.7 Å². The standard InChI is InChI=1S/C17H30O4Si/c1-6-11(2)16(18)21-15-9-12-7-13(15)14(8-12)17(19)20-10-22(3,4)5/h11-15H,6-10H2,1-5H3. The molecule has 0 heterocycles. The van der Waals surface area contributed by atoms with E-state index in [0.717, 1.165) is 25.7 Å². The lowest BCUT2D eigenvalue weighted by molar-refractivity contribution is -0.162. The summed E-state index contributed by atoms with van der Waals surface area (Å²) in [5, 5.41) is 0. The molecule has 0 aliphatic heterocycles. The van der Waals surface area contributed by atoms with E-state index in [1.807, 2.05) is 13.8 Å². The van der Waals surface area contributed by atoms with Crippen molar-refractivity contribution in [1.82, 2.24) is 0 Å². The van der Waals surface area contributed by atoms with Crippen molar-refractivity contribution >= 4 is 20.0 Å². The fourth-order valence-electron chi connectivity index (χ4n) is 3.52. The molecule has 0 aromatic heterocycles. The molecular formula is C17H30O4Si. The van der Waals surface area contributed by atoms with E-state index in [2.05, 4.69) is 19.6 Å². The maximum absolute atomic E-state index is 12.4. The highest BCUT2D eigenvalue weighted by molar-refractivity contribution is 6.76. The van der Waals surface area contributed by atoms with Crippen LogP contribution in [0.3, 0.4) is 0 Å². The predicted octanol–water partition coefficient (Wildman–Crippen LogP) is 3.41. The maximum atomic E-state index is 12.4. The smallest absolute Gasteiger partial charge is 0.309 e. The predicted molar refractivity (Wildman–Crippen MR) is 88.0 cm³/mol. The Kier molecular flexibility index (Phi) is 5.36. The third-order valence-corrected chi connectivity index (χ3v) is 6.00. The van der Waals surface area contributed by atoms with Crippen molar-refractivity contribution in [2.75, 3.05) is 6.23 Å². The van der Waals surface area contributed by atoms with Crippen molar-refractivity contribution in [1.29, 1.82) is 0 Å². The molecule has 0 aromatic carbocycles. The Bertz CT molecular complexity index is 429. The second kappa shape index (κ2) is 6.73. The molecule has 5 atom stereocenters. The van der Waals surface area contributed by atoms with Gasteiger partial charge in [0.15, 0.2) is 0 Å². The summed E-state index contributed by atoms with van der Waals surface area (Å²) in [6, 6.07) is 0. The Morgan fingerprint density at radius 1 is 1.18 bits per heavy atom. The summed E-state index contributed by atoms with van der Waals surface area (Å²) in [7, 11) is -1.38. The zero-order valence-corrected chi connectivity index (χ0v) is 15.6. The van der Waals surface area contributed by atoms with Crippen molar-refractivity contribution in [2.45, 2.75) is 65.3 Å². The van der Waals surface area contributed by atoms with Crippen LogP contribution in [0.5, 0.6) is 0 Å². The van der Waals surface area contributed by atoms with Gasteiger partial charge in [-0.25, -0.2) is 0 Å². The summed E-state index contributed by atoms with van der Waals surface area (Å²) in [5.74, 6) is 0.381. The second-order valence-electron chi connectivity index (χ2n) is 8.30. The molecule has 2 saturated carbocycles.